The molecule has 0 aliphatic carbocycles. The van der Waals surface area contributed by atoms with Crippen molar-refractivity contribution < 1.29 is 12.8 Å². The third kappa shape index (κ3) is 2.03. The highest BCUT2D eigenvalue weighted by molar-refractivity contribution is 7.89. The number of primary sulfonamides is 1. The van der Waals surface area contributed by atoms with Crippen LogP contribution in [0.4, 0.5) is 0 Å². The number of H-pyrrole nitrogens is 1. The Morgan fingerprint density at radius 3 is 2.62 bits per heavy atom. The van der Waals surface area contributed by atoms with Crippen LogP contribution in [0.15, 0.2) is 33.6 Å². The maximum absolute atomic E-state index is 11.3. The molecule has 2 aromatic rings. The third-order valence-corrected chi connectivity index (χ3v) is 3.01. The van der Waals surface area contributed by atoms with Gasteiger partial charge in [-0.05, 0) is 24.4 Å². The number of benzene rings is 1. The van der Waals surface area contributed by atoms with Crippen molar-refractivity contribution in [3.05, 3.63) is 29.1 Å². The topological polar surface area (TPSA) is 102 Å². The molecular formula is C8H7N3O3S2. The normalized spacial score (nSPS) is 11.6. The van der Waals surface area contributed by atoms with Crippen LogP contribution in [-0.4, -0.2) is 18.6 Å². The lowest BCUT2D eigenvalue weighted by Crippen LogP contribution is -2.13. The zero-order chi connectivity index (χ0) is 11.8. The van der Waals surface area contributed by atoms with Crippen LogP contribution in [0.1, 0.15) is 0 Å². The summed E-state index contributed by atoms with van der Waals surface area (Å²) in [5.74, 6) is 0.0922. The van der Waals surface area contributed by atoms with E-state index in [1.807, 2.05) is 0 Å². The van der Waals surface area contributed by atoms with Crippen molar-refractivity contribution >= 4 is 22.2 Å². The highest BCUT2D eigenvalue weighted by atomic mass is 32.2. The molecule has 0 aliphatic rings. The molecule has 0 aliphatic heterocycles. The fourth-order valence-corrected chi connectivity index (χ4v) is 2.09. The van der Waals surface area contributed by atoms with Crippen molar-refractivity contribution in [1.29, 1.82) is 0 Å². The first-order valence-electron chi connectivity index (χ1n) is 4.16. The Morgan fingerprint density at radius 1 is 1.38 bits per heavy atom. The fraction of sp³-hybridized carbons (Fsp3) is 0. The van der Waals surface area contributed by atoms with Crippen LogP contribution in [0, 0.1) is 4.84 Å². The van der Waals surface area contributed by atoms with Gasteiger partial charge in [0.05, 0.1) is 10.5 Å². The van der Waals surface area contributed by atoms with Gasteiger partial charge >= 0.3 is 0 Å². The van der Waals surface area contributed by atoms with Crippen molar-refractivity contribution in [2.75, 3.05) is 0 Å². The maximum Gasteiger partial charge on any atom is 0.284 e. The van der Waals surface area contributed by atoms with Crippen LogP contribution < -0.4 is 5.14 Å². The number of aromatic amines is 1. The van der Waals surface area contributed by atoms with E-state index in [-0.39, 0.29) is 21.2 Å². The lowest BCUT2D eigenvalue weighted by atomic mass is 10.2. The summed E-state index contributed by atoms with van der Waals surface area (Å²) >= 11 is 4.70. The minimum absolute atomic E-state index is 0.0553. The minimum Gasteiger partial charge on any atom is -0.409 e. The van der Waals surface area contributed by atoms with Crippen LogP contribution >= 0.6 is 12.2 Å². The van der Waals surface area contributed by atoms with Crippen molar-refractivity contribution in [3.63, 3.8) is 0 Å². The van der Waals surface area contributed by atoms with Crippen LogP contribution in [0.25, 0.3) is 11.5 Å². The van der Waals surface area contributed by atoms with Gasteiger partial charge in [0.15, 0.2) is 0 Å². The van der Waals surface area contributed by atoms with Gasteiger partial charge in [-0.3, -0.25) is 0 Å². The second-order valence-electron chi connectivity index (χ2n) is 2.96. The van der Waals surface area contributed by atoms with Gasteiger partial charge in [-0.25, -0.2) is 18.7 Å². The highest BCUT2D eigenvalue weighted by Gasteiger charge is 2.17. The molecule has 3 N–H and O–H groups in total. The predicted molar refractivity (Wildman–Crippen MR) is 58.5 cm³/mol. The maximum atomic E-state index is 11.3. The lowest BCUT2D eigenvalue weighted by Gasteiger charge is -2.02. The van der Waals surface area contributed by atoms with E-state index in [9.17, 15) is 8.42 Å². The summed E-state index contributed by atoms with van der Waals surface area (Å²) < 4.78 is 27.6. The Balaban J connectivity index is 2.71. The minimum atomic E-state index is -3.82. The van der Waals surface area contributed by atoms with Crippen LogP contribution in [-0.2, 0) is 10.0 Å². The highest BCUT2D eigenvalue weighted by Crippen LogP contribution is 2.24. The first-order chi connectivity index (χ1) is 7.48. The van der Waals surface area contributed by atoms with Crippen LogP contribution in [0.2, 0.25) is 0 Å². The number of aromatic nitrogens is 2. The smallest absolute Gasteiger partial charge is 0.284 e. The number of sulfonamides is 1. The van der Waals surface area contributed by atoms with Gasteiger partial charge in [-0.2, -0.15) is 0 Å². The number of hydrogen-bond donors (Lipinski definition) is 2. The van der Waals surface area contributed by atoms with Gasteiger partial charge in [0.2, 0.25) is 15.9 Å². The molecule has 0 bridgehead atoms. The van der Waals surface area contributed by atoms with Crippen molar-refractivity contribution in [2.24, 2.45) is 5.14 Å². The summed E-state index contributed by atoms with van der Waals surface area (Å²) in [6.45, 7) is 0. The predicted octanol–water partition coefficient (Wildman–Crippen LogP) is 1.05. The molecule has 8 heteroatoms. The number of nitrogens with two attached hydrogens (primary N) is 1. The van der Waals surface area contributed by atoms with Gasteiger partial charge < -0.3 is 4.42 Å². The Kier molecular flexibility index (Phi) is 2.62. The molecule has 0 atom stereocenters. The van der Waals surface area contributed by atoms with Gasteiger partial charge in [-0.1, -0.05) is 12.1 Å². The average Bonchev–Trinajstić information content (AvgIpc) is 2.64. The molecule has 1 heterocycles. The van der Waals surface area contributed by atoms with E-state index < -0.39 is 10.0 Å². The first kappa shape index (κ1) is 11.0. The second-order valence-corrected chi connectivity index (χ2v) is 4.86. The molecule has 1 aromatic carbocycles. The summed E-state index contributed by atoms with van der Waals surface area (Å²) in [6.07, 6.45) is 0. The Morgan fingerprint density at radius 2 is 2.06 bits per heavy atom. The summed E-state index contributed by atoms with van der Waals surface area (Å²) in [6, 6.07) is 6.12. The standard InChI is InChI=1S/C8H7N3O3S2/c9-16(12,13)6-4-2-1-3-5(6)7-10-11-8(15)14-7/h1-4H,(H,11,15)(H2,9,12,13). The third-order valence-electron chi connectivity index (χ3n) is 1.86. The van der Waals surface area contributed by atoms with Crippen molar-refractivity contribution in [2.45, 2.75) is 4.90 Å². The largest absolute Gasteiger partial charge is 0.409 e. The van der Waals surface area contributed by atoms with E-state index in [2.05, 4.69) is 10.2 Å². The second kappa shape index (κ2) is 3.81. The number of nitrogens with zero attached hydrogens (tertiary/aromatic N) is 1. The van der Waals surface area contributed by atoms with Gasteiger partial charge in [0, 0.05) is 0 Å². The Hall–Kier alpha value is -1.51. The fourth-order valence-electron chi connectivity index (χ4n) is 1.24. The molecule has 1 aromatic heterocycles. The Labute approximate surface area is 96.2 Å². The molecule has 2 rings (SSSR count). The van der Waals surface area contributed by atoms with Crippen molar-refractivity contribution in [1.82, 2.24) is 10.2 Å². The molecule has 0 fully saturated rings. The van der Waals surface area contributed by atoms with Crippen molar-refractivity contribution in [3.8, 4) is 11.5 Å². The zero-order valence-corrected chi connectivity index (χ0v) is 9.51. The SMILES string of the molecule is NS(=O)(=O)c1ccccc1-c1n[nH]c(=S)o1. The molecule has 16 heavy (non-hydrogen) atoms. The number of rotatable bonds is 2. The van der Waals surface area contributed by atoms with Crippen LogP contribution in [0.5, 0.6) is 0 Å². The summed E-state index contributed by atoms with van der Waals surface area (Å²) in [7, 11) is -3.82. The summed E-state index contributed by atoms with van der Waals surface area (Å²) in [5.41, 5.74) is 0.275. The molecule has 0 amide bonds. The average molecular weight is 257 g/mol. The number of hydrogen-bond acceptors (Lipinski definition) is 5. The monoisotopic (exact) mass is 257 g/mol. The first-order valence-corrected chi connectivity index (χ1v) is 6.11. The molecule has 0 saturated carbocycles. The molecule has 6 nitrogen and oxygen atoms in total. The summed E-state index contributed by atoms with van der Waals surface area (Å²) in [4.78, 5) is 0.0134. The van der Waals surface area contributed by atoms with E-state index in [0.29, 0.717) is 0 Å². The quantitative estimate of drug-likeness (QED) is 0.783. The number of nitrogens with one attached hydrogen (secondary N) is 1. The molecule has 0 saturated heterocycles. The lowest BCUT2D eigenvalue weighted by molar-refractivity contribution is 0.549. The molecule has 0 radical (unpaired) electrons. The van der Waals surface area contributed by atoms with E-state index in [4.69, 9.17) is 21.8 Å². The van der Waals surface area contributed by atoms with E-state index in [1.54, 1.807) is 12.1 Å². The van der Waals surface area contributed by atoms with Gasteiger partial charge in [-0.15, -0.1) is 5.10 Å². The molecular weight excluding hydrogens is 250 g/mol. The molecule has 0 unspecified atom stereocenters. The summed E-state index contributed by atoms with van der Waals surface area (Å²) in [5, 5.41) is 11.2. The van der Waals surface area contributed by atoms with Crippen LogP contribution in [0.3, 0.4) is 0 Å². The Bertz CT molecular complexity index is 672. The van der Waals surface area contributed by atoms with E-state index in [0.717, 1.165) is 0 Å². The van der Waals surface area contributed by atoms with E-state index >= 15 is 0 Å². The zero-order valence-electron chi connectivity index (χ0n) is 7.88. The molecule has 0 spiro atoms. The van der Waals surface area contributed by atoms with Gasteiger partial charge in [0.1, 0.15) is 0 Å². The van der Waals surface area contributed by atoms with E-state index in [1.165, 1.54) is 12.1 Å². The van der Waals surface area contributed by atoms with Gasteiger partial charge in [0.25, 0.3) is 4.84 Å². The molecule has 84 valence electrons.